The van der Waals surface area contributed by atoms with E-state index in [1.165, 1.54) is 4.90 Å². The number of thioether (sulfide) groups is 1. The van der Waals surface area contributed by atoms with Gasteiger partial charge in [-0.25, -0.2) is 0 Å². The molecule has 1 rings (SSSR count). The van der Waals surface area contributed by atoms with Crippen molar-refractivity contribution in [3.63, 3.8) is 0 Å². The smallest absolute Gasteiger partial charge is 0.0517 e. The Kier molecular flexibility index (Phi) is 5.36. The summed E-state index contributed by atoms with van der Waals surface area (Å²) in [6, 6.07) is 10.5. The molecule has 0 aliphatic rings. The zero-order valence-electron chi connectivity index (χ0n) is 10.4. The second-order valence-corrected chi connectivity index (χ2v) is 6.30. The molecule has 2 heteroatoms. The summed E-state index contributed by atoms with van der Waals surface area (Å²) in [5, 5.41) is 9.40. The average Bonchev–Trinajstić information content (AvgIpc) is 2.16. The second kappa shape index (κ2) is 6.31. The number of rotatable bonds is 6. The highest BCUT2D eigenvalue weighted by Crippen LogP contribution is 2.30. The first kappa shape index (κ1) is 13.6. The first-order valence-corrected chi connectivity index (χ1v) is 6.84. The number of hydrogen-bond donors (Lipinski definition) is 1. The lowest BCUT2D eigenvalue weighted by Gasteiger charge is -2.25. The predicted octanol–water partition coefficient (Wildman–Crippen LogP) is 3.97. The van der Waals surface area contributed by atoms with Crippen molar-refractivity contribution in [2.45, 2.75) is 44.6 Å². The quantitative estimate of drug-likeness (QED) is 0.757. The van der Waals surface area contributed by atoms with E-state index in [-0.39, 0.29) is 11.5 Å². The molecule has 0 amide bonds. The van der Waals surface area contributed by atoms with Crippen LogP contribution in [0.5, 0.6) is 0 Å². The van der Waals surface area contributed by atoms with Gasteiger partial charge in [-0.05, 0) is 43.1 Å². The Morgan fingerprint density at radius 2 is 1.88 bits per heavy atom. The van der Waals surface area contributed by atoms with Crippen LogP contribution in [-0.2, 0) is 0 Å². The lowest BCUT2D eigenvalue weighted by molar-refractivity contribution is 0.128. The van der Waals surface area contributed by atoms with Crippen molar-refractivity contribution in [3.8, 4) is 0 Å². The Morgan fingerprint density at radius 3 is 2.44 bits per heavy atom. The molecule has 0 radical (unpaired) electrons. The van der Waals surface area contributed by atoms with Gasteiger partial charge in [0.05, 0.1) is 6.10 Å². The fourth-order valence-electron chi connectivity index (χ4n) is 1.86. The highest BCUT2D eigenvalue weighted by Gasteiger charge is 2.19. The normalized spacial score (nSPS) is 13.8. The maximum Gasteiger partial charge on any atom is 0.0517 e. The van der Waals surface area contributed by atoms with E-state index in [0.29, 0.717) is 0 Å². The molecule has 0 aromatic heterocycles. The summed E-state index contributed by atoms with van der Waals surface area (Å²) in [7, 11) is 0. The Bertz CT molecular complexity index is 293. The third kappa shape index (κ3) is 5.57. The molecular formula is C14H22OS. The Labute approximate surface area is 103 Å². The van der Waals surface area contributed by atoms with Crippen LogP contribution in [0.1, 0.15) is 33.6 Å². The van der Waals surface area contributed by atoms with Crippen LogP contribution in [0, 0.1) is 5.41 Å². The molecular weight excluding hydrogens is 216 g/mol. The van der Waals surface area contributed by atoms with Gasteiger partial charge in [-0.3, -0.25) is 0 Å². The predicted molar refractivity (Wildman–Crippen MR) is 71.9 cm³/mol. The third-order valence-electron chi connectivity index (χ3n) is 2.64. The molecule has 1 nitrogen and oxygen atoms in total. The van der Waals surface area contributed by atoms with Gasteiger partial charge in [-0.1, -0.05) is 32.0 Å². The van der Waals surface area contributed by atoms with E-state index in [9.17, 15) is 5.11 Å². The minimum absolute atomic E-state index is 0.197. The van der Waals surface area contributed by atoms with Crippen LogP contribution in [0.4, 0.5) is 0 Å². The topological polar surface area (TPSA) is 20.2 Å². The van der Waals surface area contributed by atoms with Gasteiger partial charge in [-0.15, -0.1) is 11.8 Å². The number of benzene rings is 1. The molecule has 1 atom stereocenters. The highest BCUT2D eigenvalue weighted by atomic mass is 32.2. The molecule has 1 aromatic rings. The molecule has 0 spiro atoms. The Morgan fingerprint density at radius 1 is 1.25 bits per heavy atom. The average molecular weight is 238 g/mol. The Hall–Kier alpha value is -0.470. The zero-order chi connectivity index (χ0) is 12.0. The van der Waals surface area contributed by atoms with Gasteiger partial charge in [-0.2, -0.15) is 0 Å². The van der Waals surface area contributed by atoms with Crippen molar-refractivity contribution >= 4 is 11.8 Å². The molecule has 90 valence electrons. The van der Waals surface area contributed by atoms with Crippen LogP contribution in [0.3, 0.4) is 0 Å². The van der Waals surface area contributed by atoms with Crippen LogP contribution in [0.25, 0.3) is 0 Å². The summed E-state index contributed by atoms with van der Waals surface area (Å²) in [5.74, 6) is 1.11. The first-order chi connectivity index (χ1) is 7.49. The molecule has 1 unspecified atom stereocenters. The van der Waals surface area contributed by atoms with E-state index >= 15 is 0 Å². The van der Waals surface area contributed by atoms with Gasteiger partial charge in [0.1, 0.15) is 0 Å². The van der Waals surface area contributed by atoms with Crippen LogP contribution in [0.15, 0.2) is 35.2 Å². The second-order valence-electron chi connectivity index (χ2n) is 5.13. The Balaban J connectivity index is 2.30. The minimum Gasteiger partial charge on any atom is -0.393 e. The van der Waals surface area contributed by atoms with E-state index in [1.807, 2.05) is 24.8 Å². The van der Waals surface area contributed by atoms with Gasteiger partial charge in [0.25, 0.3) is 0 Å². The van der Waals surface area contributed by atoms with Gasteiger partial charge in [0, 0.05) is 4.90 Å². The SMILES string of the molecule is CC(O)CC(C)(C)CCSc1ccccc1. The molecule has 16 heavy (non-hydrogen) atoms. The van der Waals surface area contributed by atoms with E-state index in [0.717, 1.165) is 18.6 Å². The van der Waals surface area contributed by atoms with Crippen molar-refractivity contribution in [1.82, 2.24) is 0 Å². The van der Waals surface area contributed by atoms with Crippen LogP contribution >= 0.6 is 11.8 Å². The van der Waals surface area contributed by atoms with Crippen molar-refractivity contribution in [2.75, 3.05) is 5.75 Å². The number of hydrogen-bond acceptors (Lipinski definition) is 2. The fraction of sp³-hybridized carbons (Fsp3) is 0.571. The lowest BCUT2D eigenvalue weighted by Crippen LogP contribution is -2.19. The van der Waals surface area contributed by atoms with E-state index in [2.05, 4.69) is 38.1 Å². The lowest BCUT2D eigenvalue weighted by atomic mass is 9.84. The zero-order valence-corrected chi connectivity index (χ0v) is 11.3. The molecule has 0 aliphatic carbocycles. The maximum atomic E-state index is 9.40. The largest absolute Gasteiger partial charge is 0.393 e. The highest BCUT2D eigenvalue weighted by molar-refractivity contribution is 7.99. The van der Waals surface area contributed by atoms with E-state index < -0.39 is 0 Å². The maximum absolute atomic E-state index is 9.40. The van der Waals surface area contributed by atoms with E-state index in [4.69, 9.17) is 0 Å². The molecule has 0 fully saturated rings. The van der Waals surface area contributed by atoms with Crippen LogP contribution in [0.2, 0.25) is 0 Å². The van der Waals surface area contributed by atoms with Gasteiger partial charge in [0.15, 0.2) is 0 Å². The molecule has 0 aliphatic heterocycles. The van der Waals surface area contributed by atoms with Crippen molar-refractivity contribution < 1.29 is 5.11 Å². The number of aliphatic hydroxyl groups is 1. The van der Waals surface area contributed by atoms with Gasteiger partial charge < -0.3 is 5.11 Å². The molecule has 0 saturated carbocycles. The molecule has 0 heterocycles. The molecule has 1 aromatic carbocycles. The van der Waals surface area contributed by atoms with Crippen LogP contribution < -0.4 is 0 Å². The standard InChI is InChI=1S/C14H22OS/c1-12(15)11-14(2,3)9-10-16-13-7-5-4-6-8-13/h4-8,12,15H,9-11H2,1-3H3. The fourth-order valence-corrected chi connectivity index (χ4v) is 3.10. The van der Waals surface area contributed by atoms with Crippen molar-refractivity contribution in [2.24, 2.45) is 5.41 Å². The first-order valence-electron chi connectivity index (χ1n) is 5.85. The van der Waals surface area contributed by atoms with Crippen molar-refractivity contribution in [3.05, 3.63) is 30.3 Å². The summed E-state index contributed by atoms with van der Waals surface area (Å²) < 4.78 is 0. The van der Waals surface area contributed by atoms with Gasteiger partial charge >= 0.3 is 0 Å². The summed E-state index contributed by atoms with van der Waals surface area (Å²) >= 11 is 1.89. The van der Waals surface area contributed by atoms with Crippen molar-refractivity contribution in [1.29, 1.82) is 0 Å². The summed E-state index contributed by atoms with van der Waals surface area (Å²) in [6.45, 7) is 6.32. The molecule has 1 N–H and O–H groups in total. The summed E-state index contributed by atoms with van der Waals surface area (Å²) in [5.41, 5.74) is 0.232. The van der Waals surface area contributed by atoms with E-state index in [1.54, 1.807) is 0 Å². The third-order valence-corrected chi connectivity index (χ3v) is 3.65. The minimum atomic E-state index is -0.197. The number of aliphatic hydroxyl groups excluding tert-OH is 1. The molecule has 0 bridgehead atoms. The monoisotopic (exact) mass is 238 g/mol. The van der Waals surface area contributed by atoms with Crippen LogP contribution in [-0.4, -0.2) is 17.0 Å². The summed E-state index contributed by atoms with van der Waals surface area (Å²) in [6.07, 6.45) is 1.82. The molecule has 0 saturated heterocycles. The summed E-state index contributed by atoms with van der Waals surface area (Å²) in [4.78, 5) is 1.33. The van der Waals surface area contributed by atoms with Gasteiger partial charge in [0.2, 0.25) is 0 Å².